The van der Waals surface area contributed by atoms with Gasteiger partial charge in [-0.3, -0.25) is 4.99 Å². The Labute approximate surface area is 196 Å². The number of halogens is 1. The molecule has 0 aliphatic carbocycles. The lowest BCUT2D eigenvalue weighted by atomic mass is 10.1. The van der Waals surface area contributed by atoms with Crippen molar-refractivity contribution in [2.45, 2.75) is 39.3 Å². The molecule has 0 radical (unpaired) electrons. The van der Waals surface area contributed by atoms with Gasteiger partial charge < -0.3 is 20.9 Å². The molecule has 0 bridgehead atoms. The first-order valence-electron chi connectivity index (χ1n) is 10.4. The molecule has 2 aromatic rings. The minimum absolute atomic E-state index is 0. The number of nitrogens with one attached hydrogen (secondary N) is 3. The predicted octanol–water partition coefficient (Wildman–Crippen LogP) is 4.36. The Kier molecular flexibility index (Phi) is 9.93. The smallest absolute Gasteiger partial charge is 0.321 e. The molecule has 3 N–H and O–H groups in total. The molecule has 6 nitrogen and oxygen atoms in total. The van der Waals surface area contributed by atoms with E-state index in [0.29, 0.717) is 6.54 Å². The van der Waals surface area contributed by atoms with Crippen LogP contribution >= 0.6 is 24.0 Å². The van der Waals surface area contributed by atoms with E-state index in [1.807, 2.05) is 29.2 Å². The standard InChI is InChI=1S/C23H31N5O.HI/c1-3-19-10-4-5-11-20(19)17-26-22(24-2)25-16-18-9-8-12-21(15-18)27-23(29)28-13-6-7-14-28;/h4-5,8-12,15H,3,6-7,13-14,16-17H2,1-2H3,(H,27,29)(H2,24,25,26);1H. The molecule has 30 heavy (non-hydrogen) atoms. The quantitative estimate of drug-likeness (QED) is 0.301. The molecule has 162 valence electrons. The van der Waals surface area contributed by atoms with E-state index in [9.17, 15) is 4.79 Å². The van der Waals surface area contributed by atoms with Crippen molar-refractivity contribution >= 4 is 41.7 Å². The summed E-state index contributed by atoms with van der Waals surface area (Å²) in [5, 5.41) is 9.72. The average Bonchev–Trinajstić information content (AvgIpc) is 3.29. The number of rotatable bonds is 6. The lowest BCUT2D eigenvalue weighted by molar-refractivity contribution is 0.222. The van der Waals surface area contributed by atoms with E-state index in [1.54, 1.807) is 7.05 Å². The van der Waals surface area contributed by atoms with Gasteiger partial charge in [-0.2, -0.15) is 0 Å². The summed E-state index contributed by atoms with van der Waals surface area (Å²) in [4.78, 5) is 18.5. The van der Waals surface area contributed by atoms with E-state index in [0.717, 1.165) is 56.1 Å². The van der Waals surface area contributed by atoms with Crippen molar-refractivity contribution in [3.8, 4) is 0 Å². The number of urea groups is 1. The second-order valence-electron chi connectivity index (χ2n) is 7.23. The van der Waals surface area contributed by atoms with Crippen molar-refractivity contribution in [1.82, 2.24) is 15.5 Å². The number of guanidine groups is 1. The van der Waals surface area contributed by atoms with E-state index in [4.69, 9.17) is 0 Å². The minimum Gasteiger partial charge on any atom is -0.352 e. The Balaban J connectivity index is 0.00000320. The fraction of sp³-hybridized carbons (Fsp3) is 0.391. The monoisotopic (exact) mass is 521 g/mol. The van der Waals surface area contributed by atoms with Crippen molar-refractivity contribution < 1.29 is 4.79 Å². The Morgan fingerprint density at radius 3 is 2.40 bits per heavy atom. The number of amides is 2. The third-order valence-corrected chi connectivity index (χ3v) is 5.20. The summed E-state index contributed by atoms with van der Waals surface area (Å²) in [7, 11) is 1.77. The van der Waals surface area contributed by atoms with Crippen LogP contribution in [0.2, 0.25) is 0 Å². The highest BCUT2D eigenvalue weighted by Crippen LogP contribution is 2.14. The molecule has 7 heteroatoms. The molecule has 0 saturated carbocycles. The molecule has 1 fully saturated rings. The fourth-order valence-electron chi connectivity index (χ4n) is 3.54. The zero-order chi connectivity index (χ0) is 20.5. The molecule has 0 atom stereocenters. The maximum atomic E-state index is 12.3. The second-order valence-corrected chi connectivity index (χ2v) is 7.23. The van der Waals surface area contributed by atoms with Crippen LogP contribution in [0.15, 0.2) is 53.5 Å². The van der Waals surface area contributed by atoms with E-state index in [-0.39, 0.29) is 30.0 Å². The van der Waals surface area contributed by atoms with Crippen molar-refractivity contribution in [3.05, 3.63) is 65.2 Å². The zero-order valence-electron chi connectivity index (χ0n) is 17.8. The first-order valence-corrected chi connectivity index (χ1v) is 10.4. The molecule has 1 saturated heterocycles. The Morgan fingerprint density at radius 2 is 1.70 bits per heavy atom. The van der Waals surface area contributed by atoms with E-state index in [1.165, 1.54) is 11.1 Å². The van der Waals surface area contributed by atoms with Gasteiger partial charge in [-0.1, -0.05) is 43.3 Å². The SMILES string of the molecule is CCc1ccccc1CNC(=NC)NCc1cccc(NC(=O)N2CCCC2)c1.I. The molecule has 3 rings (SSSR count). The topological polar surface area (TPSA) is 68.8 Å². The fourth-order valence-corrected chi connectivity index (χ4v) is 3.54. The summed E-state index contributed by atoms with van der Waals surface area (Å²) in [5.41, 5.74) is 4.53. The van der Waals surface area contributed by atoms with Crippen LogP contribution in [0.4, 0.5) is 10.5 Å². The number of benzene rings is 2. The molecule has 2 amide bonds. The summed E-state index contributed by atoms with van der Waals surface area (Å²) in [5.74, 6) is 0.752. The van der Waals surface area contributed by atoms with Crippen LogP contribution in [0.5, 0.6) is 0 Å². The highest BCUT2D eigenvalue weighted by molar-refractivity contribution is 14.0. The van der Waals surface area contributed by atoms with Gasteiger partial charge in [0.25, 0.3) is 0 Å². The number of anilines is 1. The number of carbonyl (C=O) groups excluding carboxylic acids is 1. The zero-order valence-corrected chi connectivity index (χ0v) is 20.1. The van der Waals surface area contributed by atoms with E-state index < -0.39 is 0 Å². The normalized spacial score (nSPS) is 13.5. The first-order chi connectivity index (χ1) is 14.2. The molecular weight excluding hydrogens is 489 g/mol. The maximum absolute atomic E-state index is 12.3. The van der Waals surface area contributed by atoms with Crippen LogP contribution in [0, 0.1) is 0 Å². The molecule has 1 heterocycles. The van der Waals surface area contributed by atoms with Gasteiger partial charge in [0.2, 0.25) is 0 Å². The van der Waals surface area contributed by atoms with Crippen molar-refractivity contribution in [2.75, 3.05) is 25.5 Å². The lowest BCUT2D eigenvalue weighted by Crippen LogP contribution is -2.36. The first kappa shape index (κ1) is 24.0. The summed E-state index contributed by atoms with van der Waals surface area (Å²) in [6, 6.07) is 16.4. The number of likely N-dealkylation sites (tertiary alicyclic amines) is 1. The molecular formula is C23H32IN5O. The predicted molar refractivity (Wildman–Crippen MR) is 135 cm³/mol. The van der Waals surface area contributed by atoms with Gasteiger partial charge in [-0.05, 0) is 48.1 Å². The van der Waals surface area contributed by atoms with Crippen LogP contribution in [0.25, 0.3) is 0 Å². The molecule has 0 aromatic heterocycles. The number of carbonyl (C=O) groups is 1. The van der Waals surface area contributed by atoms with Crippen molar-refractivity contribution in [3.63, 3.8) is 0 Å². The third kappa shape index (κ3) is 6.90. The summed E-state index contributed by atoms with van der Waals surface area (Å²) in [6.45, 7) is 5.21. The van der Waals surface area contributed by atoms with Crippen molar-refractivity contribution in [1.29, 1.82) is 0 Å². The lowest BCUT2D eigenvalue weighted by Gasteiger charge is -2.17. The van der Waals surface area contributed by atoms with Crippen molar-refractivity contribution in [2.24, 2.45) is 4.99 Å². The Hall–Kier alpha value is -2.29. The van der Waals surface area contributed by atoms with E-state index >= 15 is 0 Å². The average molecular weight is 521 g/mol. The van der Waals surface area contributed by atoms with E-state index in [2.05, 4.69) is 52.1 Å². The van der Waals surface area contributed by atoms with Gasteiger partial charge in [-0.15, -0.1) is 24.0 Å². The Morgan fingerprint density at radius 1 is 1.00 bits per heavy atom. The van der Waals surface area contributed by atoms with Gasteiger partial charge >= 0.3 is 6.03 Å². The van der Waals surface area contributed by atoms with Crippen LogP contribution in [-0.4, -0.2) is 37.0 Å². The summed E-state index contributed by atoms with van der Waals surface area (Å²) < 4.78 is 0. The van der Waals surface area contributed by atoms with Gasteiger partial charge in [0.15, 0.2) is 5.96 Å². The van der Waals surface area contributed by atoms with Gasteiger partial charge in [0.1, 0.15) is 0 Å². The van der Waals surface area contributed by atoms with Crippen LogP contribution < -0.4 is 16.0 Å². The molecule has 1 aliphatic rings. The van der Waals surface area contributed by atoms with Crippen LogP contribution in [0.1, 0.15) is 36.5 Å². The molecule has 2 aromatic carbocycles. The number of aryl methyl sites for hydroxylation is 1. The van der Waals surface area contributed by atoms with Gasteiger partial charge in [0, 0.05) is 38.9 Å². The van der Waals surface area contributed by atoms with Crippen LogP contribution in [0.3, 0.4) is 0 Å². The molecule has 0 unspecified atom stereocenters. The number of hydrogen-bond donors (Lipinski definition) is 3. The Bertz CT molecular complexity index is 849. The second kappa shape index (κ2) is 12.4. The summed E-state index contributed by atoms with van der Waals surface area (Å²) in [6.07, 6.45) is 3.19. The number of nitrogens with zero attached hydrogens (tertiary/aromatic N) is 2. The summed E-state index contributed by atoms with van der Waals surface area (Å²) >= 11 is 0. The van der Waals surface area contributed by atoms with Crippen LogP contribution in [-0.2, 0) is 19.5 Å². The highest BCUT2D eigenvalue weighted by Gasteiger charge is 2.17. The third-order valence-electron chi connectivity index (χ3n) is 5.20. The van der Waals surface area contributed by atoms with Gasteiger partial charge in [0.05, 0.1) is 0 Å². The molecule has 1 aliphatic heterocycles. The maximum Gasteiger partial charge on any atom is 0.321 e. The molecule has 0 spiro atoms. The highest BCUT2D eigenvalue weighted by atomic mass is 127. The number of aliphatic imine (C=N–C) groups is 1. The number of hydrogen-bond acceptors (Lipinski definition) is 2. The van der Waals surface area contributed by atoms with Gasteiger partial charge in [-0.25, -0.2) is 4.79 Å². The minimum atomic E-state index is -0.0142. The largest absolute Gasteiger partial charge is 0.352 e.